The van der Waals surface area contributed by atoms with E-state index in [1.165, 1.54) is 23.8 Å². The third-order valence-electron chi connectivity index (χ3n) is 2.07. The lowest BCUT2D eigenvalue weighted by atomic mass is 10.1. The molecule has 0 aliphatic rings. The number of para-hydroxylation sites is 1. The fraction of sp³-hybridized carbons (Fsp3) is 0.0909. The number of benzene rings is 1. The summed E-state index contributed by atoms with van der Waals surface area (Å²) in [5, 5.41) is 0. The van der Waals surface area contributed by atoms with E-state index in [9.17, 15) is 4.79 Å². The normalized spacial score (nSPS) is 9.56. The van der Waals surface area contributed by atoms with Crippen molar-refractivity contribution in [1.82, 2.24) is 4.37 Å². The van der Waals surface area contributed by atoms with Crippen molar-refractivity contribution in [2.75, 3.05) is 7.11 Å². The van der Waals surface area contributed by atoms with Gasteiger partial charge in [0.15, 0.2) is 0 Å². The van der Waals surface area contributed by atoms with Crippen molar-refractivity contribution in [2.45, 2.75) is 0 Å². The number of carbonyl (C=O) groups excluding carboxylic acids is 1. The molecule has 0 radical (unpaired) electrons. The number of aromatic nitrogens is 1. The van der Waals surface area contributed by atoms with Gasteiger partial charge in [0.1, 0.15) is 11.4 Å². The summed E-state index contributed by atoms with van der Waals surface area (Å²) in [6, 6.07) is 7.53. The Morgan fingerprint density at radius 3 is 3.00 bits per heavy atom. The largest absolute Gasteiger partial charge is 0.496 e. The van der Waals surface area contributed by atoms with E-state index in [0.29, 0.717) is 5.69 Å². The molecule has 1 aromatic carbocycles. The van der Waals surface area contributed by atoms with Gasteiger partial charge in [0.05, 0.1) is 18.2 Å². The molecule has 0 atom stereocenters. The number of nitrogens with zero attached hydrogens (tertiary/aromatic N) is 2. The van der Waals surface area contributed by atoms with Crippen LogP contribution in [-0.4, -0.2) is 17.6 Å². The van der Waals surface area contributed by atoms with E-state index in [1.807, 2.05) is 24.3 Å². The van der Waals surface area contributed by atoms with Crippen LogP contribution in [0.2, 0.25) is 0 Å². The van der Waals surface area contributed by atoms with Crippen LogP contribution in [0.1, 0.15) is 0 Å². The zero-order valence-electron chi connectivity index (χ0n) is 8.51. The van der Waals surface area contributed by atoms with Gasteiger partial charge in [-0.15, -0.1) is 0 Å². The number of isocyanates is 1. The predicted octanol–water partition coefficient (Wildman–Crippen LogP) is 2.79. The van der Waals surface area contributed by atoms with Crippen molar-refractivity contribution in [2.24, 2.45) is 4.99 Å². The first-order chi connectivity index (χ1) is 7.86. The standard InChI is InChI=1S/C11H8N2O2S/c1-15-10-5-3-2-4-8(10)11-9(12-7-14)6-13-16-11/h2-6H,1H3. The topological polar surface area (TPSA) is 51.6 Å². The average molecular weight is 232 g/mol. The van der Waals surface area contributed by atoms with Gasteiger partial charge in [0.25, 0.3) is 0 Å². The van der Waals surface area contributed by atoms with E-state index in [4.69, 9.17) is 4.74 Å². The zero-order chi connectivity index (χ0) is 11.4. The number of aliphatic imine (C=N–C) groups is 1. The number of methoxy groups -OCH3 is 1. The van der Waals surface area contributed by atoms with Crippen LogP contribution in [0.3, 0.4) is 0 Å². The molecule has 0 aliphatic heterocycles. The summed E-state index contributed by atoms with van der Waals surface area (Å²) in [5.74, 6) is 0.731. The minimum Gasteiger partial charge on any atom is -0.496 e. The van der Waals surface area contributed by atoms with Crippen molar-refractivity contribution < 1.29 is 9.53 Å². The van der Waals surface area contributed by atoms with E-state index in [-0.39, 0.29) is 0 Å². The van der Waals surface area contributed by atoms with Crippen molar-refractivity contribution in [3.63, 3.8) is 0 Å². The summed E-state index contributed by atoms with van der Waals surface area (Å²) >= 11 is 1.27. The summed E-state index contributed by atoms with van der Waals surface area (Å²) in [6.07, 6.45) is 3.06. The highest BCUT2D eigenvalue weighted by atomic mass is 32.1. The second-order valence-corrected chi connectivity index (χ2v) is 3.75. The first kappa shape index (κ1) is 10.5. The quantitative estimate of drug-likeness (QED) is 0.604. The molecule has 80 valence electrons. The lowest BCUT2D eigenvalue weighted by molar-refractivity contribution is 0.416. The predicted molar refractivity (Wildman–Crippen MR) is 61.9 cm³/mol. The van der Waals surface area contributed by atoms with E-state index >= 15 is 0 Å². The van der Waals surface area contributed by atoms with Crippen LogP contribution in [0.5, 0.6) is 5.75 Å². The molecule has 0 saturated heterocycles. The highest BCUT2D eigenvalue weighted by Gasteiger charge is 2.11. The molecule has 0 unspecified atom stereocenters. The molecule has 0 fully saturated rings. The summed E-state index contributed by atoms with van der Waals surface area (Å²) in [7, 11) is 1.60. The van der Waals surface area contributed by atoms with Gasteiger partial charge in [-0.25, -0.2) is 4.79 Å². The van der Waals surface area contributed by atoms with Gasteiger partial charge in [-0.3, -0.25) is 0 Å². The molecular formula is C11H8N2O2S. The molecule has 0 aliphatic carbocycles. The minimum absolute atomic E-state index is 0.518. The fourth-order valence-electron chi connectivity index (χ4n) is 1.38. The third-order valence-corrected chi connectivity index (χ3v) is 2.89. The maximum atomic E-state index is 10.3. The van der Waals surface area contributed by atoms with E-state index in [0.717, 1.165) is 16.2 Å². The number of rotatable bonds is 3. The van der Waals surface area contributed by atoms with Crippen LogP contribution in [0.25, 0.3) is 10.4 Å². The van der Waals surface area contributed by atoms with Crippen LogP contribution in [0.4, 0.5) is 5.69 Å². The van der Waals surface area contributed by atoms with Crippen molar-refractivity contribution in [3.05, 3.63) is 30.5 Å². The van der Waals surface area contributed by atoms with Crippen LogP contribution in [0.15, 0.2) is 35.5 Å². The van der Waals surface area contributed by atoms with Gasteiger partial charge in [0.2, 0.25) is 6.08 Å². The molecular weight excluding hydrogens is 224 g/mol. The summed E-state index contributed by atoms with van der Waals surface area (Å²) in [5.41, 5.74) is 1.39. The van der Waals surface area contributed by atoms with Crippen LogP contribution in [0, 0.1) is 0 Å². The zero-order valence-corrected chi connectivity index (χ0v) is 9.32. The van der Waals surface area contributed by atoms with Gasteiger partial charge in [-0.1, -0.05) is 12.1 Å². The lowest BCUT2D eigenvalue weighted by Crippen LogP contribution is -1.85. The molecule has 4 nitrogen and oxygen atoms in total. The van der Waals surface area contributed by atoms with E-state index < -0.39 is 0 Å². The maximum Gasteiger partial charge on any atom is 0.240 e. The van der Waals surface area contributed by atoms with Crippen molar-refractivity contribution in [1.29, 1.82) is 0 Å². The highest BCUT2D eigenvalue weighted by molar-refractivity contribution is 7.10. The SMILES string of the molecule is COc1ccccc1-c1sncc1N=C=O. The summed E-state index contributed by atoms with van der Waals surface area (Å²) in [4.78, 5) is 14.7. The molecule has 2 rings (SSSR count). The molecule has 0 bridgehead atoms. The molecule has 5 heteroatoms. The molecule has 2 aromatic rings. The monoisotopic (exact) mass is 232 g/mol. The Morgan fingerprint density at radius 2 is 2.25 bits per heavy atom. The number of hydrogen-bond donors (Lipinski definition) is 0. The Kier molecular flexibility index (Phi) is 3.10. The summed E-state index contributed by atoms with van der Waals surface area (Å²) < 4.78 is 9.25. The highest BCUT2D eigenvalue weighted by Crippen LogP contribution is 2.38. The van der Waals surface area contributed by atoms with Gasteiger partial charge in [-0.05, 0) is 23.7 Å². The molecule has 0 saturated carbocycles. The molecule has 0 N–H and O–H groups in total. The second-order valence-electron chi connectivity index (χ2n) is 2.94. The van der Waals surface area contributed by atoms with Crippen LogP contribution >= 0.6 is 11.5 Å². The Morgan fingerprint density at radius 1 is 1.44 bits per heavy atom. The van der Waals surface area contributed by atoms with Crippen molar-refractivity contribution in [3.8, 4) is 16.2 Å². The van der Waals surface area contributed by atoms with Crippen LogP contribution in [-0.2, 0) is 4.79 Å². The maximum absolute atomic E-state index is 10.3. The van der Waals surface area contributed by atoms with Crippen LogP contribution < -0.4 is 4.74 Å². The first-order valence-electron chi connectivity index (χ1n) is 4.52. The first-order valence-corrected chi connectivity index (χ1v) is 5.30. The van der Waals surface area contributed by atoms with Gasteiger partial charge in [-0.2, -0.15) is 9.37 Å². The molecule has 0 amide bonds. The Bertz CT molecular complexity index is 544. The van der Waals surface area contributed by atoms with Gasteiger partial charge >= 0.3 is 0 Å². The molecule has 1 heterocycles. The Labute approximate surface area is 96.4 Å². The molecule has 0 spiro atoms. The van der Waals surface area contributed by atoms with Gasteiger partial charge < -0.3 is 4.74 Å². The van der Waals surface area contributed by atoms with E-state index in [1.54, 1.807) is 7.11 Å². The van der Waals surface area contributed by atoms with Crippen molar-refractivity contribution >= 4 is 23.3 Å². The fourth-order valence-corrected chi connectivity index (χ4v) is 2.10. The average Bonchev–Trinajstić information content (AvgIpc) is 2.77. The summed E-state index contributed by atoms with van der Waals surface area (Å²) in [6.45, 7) is 0. The van der Waals surface area contributed by atoms with Gasteiger partial charge in [0, 0.05) is 5.56 Å². The minimum atomic E-state index is 0.518. The smallest absolute Gasteiger partial charge is 0.240 e. The second kappa shape index (κ2) is 4.70. The van der Waals surface area contributed by atoms with E-state index in [2.05, 4.69) is 9.37 Å². The number of ether oxygens (including phenoxy) is 1. The lowest BCUT2D eigenvalue weighted by Gasteiger charge is -2.05. The number of hydrogen-bond acceptors (Lipinski definition) is 5. The third kappa shape index (κ3) is 1.86. The Balaban J connectivity index is 2.58. The molecule has 16 heavy (non-hydrogen) atoms. The molecule has 1 aromatic heterocycles. The Hall–Kier alpha value is -1.97.